The van der Waals surface area contributed by atoms with Gasteiger partial charge in [-0.3, -0.25) is 15.8 Å². The molecule has 2 heterocycles. The zero-order valence-corrected chi connectivity index (χ0v) is 24.0. The summed E-state index contributed by atoms with van der Waals surface area (Å²) < 4.78 is 0.870. The molecule has 9 heteroatoms. The maximum absolute atomic E-state index is 9.09. The van der Waals surface area contributed by atoms with Crippen molar-refractivity contribution in [2.24, 2.45) is 10.9 Å². The van der Waals surface area contributed by atoms with Gasteiger partial charge in [-0.15, -0.1) is 0 Å². The van der Waals surface area contributed by atoms with E-state index in [1.807, 2.05) is 42.5 Å². The van der Waals surface area contributed by atoms with Crippen molar-refractivity contribution in [1.29, 1.82) is 5.41 Å². The van der Waals surface area contributed by atoms with Gasteiger partial charge in [0.15, 0.2) is 5.11 Å². The second-order valence-corrected chi connectivity index (χ2v) is 11.4. The van der Waals surface area contributed by atoms with E-state index in [0.29, 0.717) is 21.7 Å². The molecule has 37 heavy (non-hydrogen) atoms. The highest BCUT2D eigenvalue weighted by Gasteiger charge is 2.39. The molecule has 0 spiro atoms. The van der Waals surface area contributed by atoms with Crippen LogP contribution in [0.4, 0.5) is 0 Å². The van der Waals surface area contributed by atoms with E-state index in [1.165, 1.54) is 11.8 Å². The van der Waals surface area contributed by atoms with E-state index in [9.17, 15) is 0 Å². The van der Waals surface area contributed by atoms with Crippen LogP contribution in [0.2, 0.25) is 5.02 Å². The Morgan fingerprint density at radius 3 is 2.65 bits per heavy atom. The third-order valence-electron chi connectivity index (χ3n) is 6.35. The van der Waals surface area contributed by atoms with Crippen molar-refractivity contribution in [2.45, 2.75) is 19.1 Å². The Labute approximate surface area is 240 Å². The summed E-state index contributed by atoms with van der Waals surface area (Å²) in [4.78, 5) is 7.80. The van der Waals surface area contributed by atoms with E-state index in [2.05, 4.69) is 68.1 Å². The smallest absolute Gasteiger partial charge is 0.185 e. The molecule has 3 aliphatic rings. The first kappa shape index (κ1) is 26.1. The van der Waals surface area contributed by atoms with Crippen LogP contribution < -0.4 is 10.9 Å². The highest BCUT2D eigenvalue weighted by Crippen LogP contribution is 2.47. The number of thiocarbonyl (C=S) groups is 1. The Balaban J connectivity index is 1.62. The van der Waals surface area contributed by atoms with Crippen LogP contribution in [0.3, 0.4) is 0 Å². The van der Waals surface area contributed by atoms with E-state index in [1.54, 1.807) is 7.05 Å². The summed E-state index contributed by atoms with van der Waals surface area (Å²) in [5, 5.41) is 10.8. The predicted octanol–water partition coefficient (Wildman–Crippen LogP) is 6.74. The van der Waals surface area contributed by atoms with Crippen LogP contribution in [-0.2, 0) is 6.54 Å². The number of aliphatic imine (C=N–C) groups is 1. The molecule has 5 nitrogen and oxygen atoms in total. The lowest BCUT2D eigenvalue weighted by molar-refractivity contribution is 0.352. The lowest BCUT2D eigenvalue weighted by Gasteiger charge is -2.25. The van der Waals surface area contributed by atoms with Gasteiger partial charge in [-0.1, -0.05) is 90.1 Å². The highest BCUT2D eigenvalue weighted by atomic mass is 79.9. The standard InChI is InChI=1S/C28H25BrClN5S2/c1-32-24(19-13-8-14-20(30)15-19)21(18-11-6-3-7-12-18)22-23(29)25(37-26(22)31)27-33-34-28(36)35(27)16-17-9-4-2-5-10-17/h2,4-15,18,27,31,33H,3,16H2,1H3,(H,34,36)/b22-21-,31-26?,32-24-. The van der Waals surface area contributed by atoms with Crippen LogP contribution in [0, 0.1) is 11.3 Å². The number of thioether (sulfide) groups is 1. The van der Waals surface area contributed by atoms with Crippen molar-refractivity contribution in [3.63, 3.8) is 0 Å². The normalized spacial score (nSPS) is 21.8. The van der Waals surface area contributed by atoms with E-state index in [0.717, 1.165) is 43.8 Å². The molecule has 188 valence electrons. The second-order valence-electron chi connectivity index (χ2n) is 8.69. The minimum Gasteiger partial charge on any atom is -0.322 e. The molecular formula is C28H25BrClN5S2. The molecule has 0 radical (unpaired) electrons. The number of rotatable bonds is 6. The first-order valence-corrected chi connectivity index (χ1v) is 14.2. The van der Waals surface area contributed by atoms with E-state index < -0.39 is 0 Å². The maximum Gasteiger partial charge on any atom is 0.185 e. The third-order valence-corrected chi connectivity index (χ3v) is 9.06. The topological polar surface area (TPSA) is 63.5 Å². The van der Waals surface area contributed by atoms with Gasteiger partial charge in [-0.2, -0.15) is 0 Å². The lowest BCUT2D eigenvalue weighted by Crippen LogP contribution is -2.37. The van der Waals surface area contributed by atoms with Gasteiger partial charge in [0, 0.05) is 45.1 Å². The quantitative estimate of drug-likeness (QED) is 0.192. The predicted molar refractivity (Wildman–Crippen MR) is 163 cm³/mol. The number of nitrogens with one attached hydrogen (secondary N) is 3. The molecule has 0 amide bonds. The molecule has 1 fully saturated rings. The fourth-order valence-corrected chi connectivity index (χ4v) is 7.11. The van der Waals surface area contributed by atoms with E-state index in [-0.39, 0.29) is 12.1 Å². The summed E-state index contributed by atoms with van der Waals surface area (Å²) in [5.41, 5.74) is 11.1. The van der Waals surface area contributed by atoms with Crippen molar-refractivity contribution >= 4 is 67.4 Å². The molecule has 1 aliphatic carbocycles. The minimum absolute atomic E-state index is 0.0227. The van der Waals surface area contributed by atoms with Gasteiger partial charge in [0.1, 0.15) is 11.2 Å². The van der Waals surface area contributed by atoms with Gasteiger partial charge in [0.25, 0.3) is 0 Å². The highest BCUT2D eigenvalue weighted by molar-refractivity contribution is 9.12. The molecule has 3 N–H and O–H groups in total. The van der Waals surface area contributed by atoms with Crippen LogP contribution >= 0.6 is 51.5 Å². The van der Waals surface area contributed by atoms with Crippen LogP contribution in [0.15, 0.2) is 104 Å². The molecular weight excluding hydrogens is 586 g/mol. The fraction of sp³-hybridized carbons (Fsp3) is 0.179. The summed E-state index contributed by atoms with van der Waals surface area (Å²) >= 11 is 17.3. The van der Waals surface area contributed by atoms with Gasteiger partial charge in [-0.05, 0) is 57.8 Å². The van der Waals surface area contributed by atoms with Crippen molar-refractivity contribution in [3.8, 4) is 0 Å². The molecule has 2 aromatic rings. The number of hydrazine groups is 1. The minimum atomic E-state index is -0.225. The third kappa shape index (κ3) is 5.40. The van der Waals surface area contributed by atoms with E-state index in [4.69, 9.17) is 34.2 Å². The molecule has 1 unspecified atom stereocenters. The van der Waals surface area contributed by atoms with Crippen molar-refractivity contribution < 1.29 is 0 Å². The molecule has 0 aromatic heterocycles. The molecule has 0 bridgehead atoms. The van der Waals surface area contributed by atoms with Crippen LogP contribution in [0.1, 0.15) is 17.5 Å². The summed E-state index contributed by atoms with van der Waals surface area (Å²) in [7, 11) is 1.79. The van der Waals surface area contributed by atoms with E-state index >= 15 is 0 Å². The van der Waals surface area contributed by atoms with Gasteiger partial charge in [0.05, 0.1) is 5.71 Å². The van der Waals surface area contributed by atoms with Crippen LogP contribution in [0.25, 0.3) is 0 Å². The summed E-state index contributed by atoms with van der Waals surface area (Å²) in [6, 6.07) is 18.0. The first-order chi connectivity index (χ1) is 18.0. The lowest BCUT2D eigenvalue weighted by atomic mass is 9.84. The summed E-state index contributed by atoms with van der Waals surface area (Å²) in [6.07, 6.45) is 9.34. The monoisotopic (exact) mass is 609 g/mol. The molecule has 5 rings (SSSR count). The number of halogens is 2. The Morgan fingerprint density at radius 2 is 1.95 bits per heavy atom. The molecule has 2 aromatic carbocycles. The molecule has 0 saturated carbocycles. The average Bonchev–Trinajstić information content (AvgIpc) is 3.41. The fourth-order valence-electron chi connectivity index (χ4n) is 4.66. The van der Waals surface area contributed by atoms with Gasteiger partial charge < -0.3 is 4.90 Å². The SMILES string of the molecule is C/N=C(\C(=C1/C(=N)SC(C2NNC(=S)N2Cc2ccccc2)=C1Br)C1C=CCC=C1)c1cccc(Cl)c1. The first-order valence-electron chi connectivity index (χ1n) is 11.8. The summed E-state index contributed by atoms with van der Waals surface area (Å²) in [5.74, 6) is -0.0227. The largest absolute Gasteiger partial charge is 0.322 e. The van der Waals surface area contributed by atoms with Gasteiger partial charge in [-0.25, -0.2) is 5.43 Å². The van der Waals surface area contributed by atoms with Gasteiger partial charge in [0.2, 0.25) is 0 Å². The van der Waals surface area contributed by atoms with Crippen molar-refractivity contribution in [1.82, 2.24) is 15.8 Å². The second kappa shape index (κ2) is 11.5. The van der Waals surface area contributed by atoms with Gasteiger partial charge >= 0.3 is 0 Å². The Kier molecular flexibility index (Phi) is 8.12. The Hall–Kier alpha value is -2.49. The van der Waals surface area contributed by atoms with Crippen LogP contribution in [0.5, 0.6) is 0 Å². The molecule has 1 saturated heterocycles. The van der Waals surface area contributed by atoms with Crippen LogP contribution in [-0.4, -0.2) is 34.0 Å². The van der Waals surface area contributed by atoms with Crippen molar-refractivity contribution in [3.05, 3.63) is 116 Å². The number of benzene rings is 2. The summed E-state index contributed by atoms with van der Waals surface area (Å²) in [6.45, 7) is 0.645. The Bertz CT molecular complexity index is 1380. The number of nitrogens with zero attached hydrogens (tertiary/aromatic N) is 2. The number of hydrogen-bond acceptors (Lipinski definition) is 5. The zero-order chi connectivity index (χ0) is 25.9. The maximum atomic E-state index is 9.09. The number of allylic oxidation sites excluding steroid dienone is 6. The molecule has 2 aliphatic heterocycles. The molecule has 1 atom stereocenters. The van der Waals surface area contributed by atoms with Crippen molar-refractivity contribution in [2.75, 3.05) is 7.05 Å². The zero-order valence-electron chi connectivity index (χ0n) is 20.0. The Morgan fingerprint density at radius 1 is 1.19 bits per heavy atom. The number of hydrogen-bond donors (Lipinski definition) is 3. The average molecular weight is 611 g/mol.